The number of nitrogens with one attached hydrogen (secondary N) is 1. The van der Waals surface area contributed by atoms with Gasteiger partial charge in [-0.25, -0.2) is 9.18 Å². The maximum absolute atomic E-state index is 13.5. The Morgan fingerprint density at radius 1 is 1.00 bits per heavy atom. The van der Waals surface area contributed by atoms with Crippen LogP contribution < -0.4 is 5.32 Å². The van der Waals surface area contributed by atoms with Gasteiger partial charge in [0.05, 0.1) is 6.54 Å². The van der Waals surface area contributed by atoms with E-state index >= 15 is 0 Å². The van der Waals surface area contributed by atoms with Crippen LogP contribution in [0.25, 0.3) is 0 Å². The molecule has 2 aromatic carbocycles. The maximum atomic E-state index is 13.5. The molecule has 0 saturated heterocycles. The monoisotopic (exact) mass is 436 g/mol. The summed E-state index contributed by atoms with van der Waals surface area (Å²) in [5.74, 6) is -0.607. The van der Waals surface area contributed by atoms with Gasteiger partial charge in [-0.05, 0) is 49.7 Å². The van der Waals surface area contributed by atoms with Gasteiger partial charge < -0.3 is 19.7 Å². The molecule has 0 radical (unpaired) electrons. The zero-order chi connectivity index (χ0) is 23.1. The van der Waals surface area contributed by atoms with E-state index in [1.165, 1.54) is 23.1 Å². The Balaban J connectivity index is 1.76. The lowest BCUT2D eigenvalue weighted by Gasteiger charge is -2.30. The molecule has 0 aliphatic rings. The second kappa shape index (κ2) is 10.6. The Morgan fingerprint density at radius 3 is 2.38 bits per heavy atom. The fraction of sp³-hybridized carbons (Fsp3) is 0.280. The molecule has 0 unspecified atom stereocenters. The van der Waals surface area contributed by atoms with Crippen LogP contribution in [0.3, 0.4) is 0 Å². The number of nitrogens with zero attached hydrogens (tertiary/aromatic N) is 3. The average molecular weight is 437 g/mol. The molecule has 0 aliphatic carbocycles. The number of rotatable bonds is 8. The van der Waals surface area contributed by atoms with Gasteiger partial charge in [0.25, 0.3) is 0 Å². The summed E-state index contributed by atoms with van der Waals surface area (Å²) >= 11 is 0. The predicted molar refractivity (Wildman–Crippen MR) is 123 cm³/mol. The van der Waals surface area contributed by atoms with E-state index < -0.39 is 11.8 Å². The Labute approximate surface area is 188 Å². The van der Waals surface area contributed by atoms with E-state index in [9.17, 15) is 14.0 Å². The van der Waals surface area contributed by atoms with Crippen LogP contribution in [0.2, 0.25) is 0 Å². The van der Waals surface area contributed by atoms with E-state index in [0.29, 0.717) is 18.8 Å². The standard InChI is InChI=1S/C25H29FN4O2/c1-19(2)30(25(32)27-22-12-7-11-21(26)15-22)18-24(31)29(16-20-9-5-4-6-10-20)17-23-13-8-14-28(23)3/h4-15,19H,16-18H2,1-3H3,(H,27,32). The molecular formula is C25H29FN4O2. The van der Waals surface area contributed by atoms with Gasteiger partial charge in [0.2, 0.25) is 5.91 Å². The van der Waals surface area contributed by atoms with Crippen molar-refractivity contribution in [3.63, 3.8) is 0 Å². The molecule has 6 nitrogen and oxygen atoms in total. The first-order valence-electron chi connectivity index (χ1n) is 10.6. The number of aryl methyl sites for hydroxylation is 1. The van der Waals surface area contributed by atoms with Crippen molar-refractivity contribution in [3.8, 4) is 0 Å². The number of urea groups is 1. The van der Waals surface area contributed by atoms with Crippen molar-refractivity contribution in [2.24, 2.45) is 7.05 Å². The van der Waals surface area contributed by atoms with Gasteiger partial charge >= 0.3 is 6.03 Å². The lowest BCUT2D eigenvalue weighted by atomic mass is 10.2. The summed E-state index contributed by atoms with van der Waals surface area (Å²) in [6.45, 7) is 4.46. The third kappa shape index (κ3) is 6.20. The molecule has 0 spiro atoms. The normalized spacial score (nSPS) is 10.8. The number of hydrogen-bond donors (Lipinski definition) is 1. The zero-order valence-electron chi connectivity index (χ0n) is 18.7. The number of aromatic nitrogens is 1. The number of carbonyl (C=O) groups excluding carboxylic acids is 2. The van der Waals surface area contributed by atoms with Crippen LogP contribution in [0.1, 0.15) is 25.1 Å². The van der Waals surface area contributed by atoms with Crippen molar-refractivity contribution in [2.45, 2.75) is 33.0 Å². The molecule has 3 amide bonds. The van der Waals surface area contributed by atoms with Gasteiger partial charge in [0.1, 0.15) is 12.4 Å². The van der Waals surface area contributed by atoms with Crippen LogP contribution in [-0.2, 0) is 24.9 Å². The van der Waals surface area contributed by atoms with Crippen LogP contribution in [0.5, 0.6) is 0 Å². The number of anilines is 1. The summed E-state index contributed by atoms with van der Waals surface area (Å²) in [7, 11) is 1.94. The van der Waals surface area contributed by atoms with E-state index in [2.05, 4.69) is 5.32 Å². The van der Waals surface area contributed by atoms with E-state index in [1.807, 2.05) is 74.1 Å². The Kier molecular flexibility index (Phi) is 7.65. The summed E-state index contributed by atoms with van der Waals surface area (Å²) in [4.78, 5) is 29.4. The van der Waals surface area contributed by atoms with Crippen molar-refractivity contribution in [1.82, 2.24) is 14.4 Å². The summed E-state index contributed by atoms with van der Waals surface area (Å²) < 4.78 is 15.5. The second-order valence-electron chi connectivity index (χ2n) is 8.01. The molecule has 0 fully saturated rings. The van der Waals surface area contributed by atoms with Crippen LogP contribution in [-0.4, -0.2) is 38.9 Å². The van der Waals surface area contributed by atoms with Crippen molar-refractivity contribution >= 4 is 17.6 Å². The first-order valence-corrected chi connectivity index (χ1v) is 10.6. The van der Waals surface area contributed by atoms with Crippen LogP contribution >= 0.6 is 0 Å². The second-order valence-corrected chi connectivity index (χ2v) is 8.01. The van der Waals surface area contributed by atoms with Gasteiger partial charge in [-0.2, -0.15) is 0 Å². The number of amides is 3. The highest BCUT2D eigenvalue weighted by Gasteiger charge is 2.24. The number of halogens is 1. The van der Waals surface area contributed by atoms with E-state index in [0.717, 1.165) is 11.3 Å². The number of benzene rings is 2. The van der Waals surface area contributed by atoms with Crippen LogP contribution in [0.4, 0.5) is 14.9 Å². The molecule has 0 bridgehead atoms. The molecule has 1 heterocycles. The highest BCUT2D eigenvalue weighted by molar-refractivity contribution is 5.92. The molecule has 168 valence electrons. The largest absolute Gasteiger partial charge is 0.353 e. The van der Waals surface area contributed by atoms with Gasteiger partial charge in [-0.3, -0.25) is 4.79 Å². The average Bonchev–Trinajstić information content (AvgIpc) is 3.16. The third-order valence-corrected chi connectivity index (χ3v) is 5.24. The molecule has 3 rings (SSSR count). The molecular weight excluding hydrogens is 407 g/mol. The third-order valence-electron chi connectivity index (χ3n) is 5.24. The van der Waals surface area contributed by atoms with Crippen LogP contribution in [0.15, 0.2) is 72.9 Å². The topological polar surface area (TPSA) is 57.6 Å². The van der Waals surface area contributed by atoms with Gasteiger partial charge in [0.15, 0.2) is 0 Å². The highest BCUT2D eigenvalue weighted by Crippen LogP contribution is 2.14. The molecule has 0 aliphatic heterocycles. The number of hydrogen-bond acceptors (Lipinski definition) is 2. The maximum Gasteiger partial charge on any atom is 0.322 e. The molecule has 32 heavy (non-hydrogen) atoms. The van der Waals surface area contributed by atoms with Crippen LogP contribution in [0, 0.1) is 5.82 Å². The molecule has 0 atom stereocenters. The molecule has 1 aromatic heterocycles. The van der Waals surface area contributed by atoms with Gasteiger partial charge in [-0.15, -0.1) is 0 Å². The predicted octanol–water partition coefficient (Wildman–Crippen LogP) is 4.64. The first-order chi connectivity index (χ1) is 15.3. The summed E-state index contributed by atoms with van der Waals surface area (Å²) in [5.41, 5.74) is 2.35. The fourth-order valence-corrected chi connectivity index (χ4v) is 3.39. The zero-order valence-corrected chi connectivity index (χ0v) is 18.7. The minimum absolute atomic E-state index is 0.0872. The van der Waals surface area contributed by atoms with Gasteiger partial charge in [-0.1, -0.05) is 36.4 Å². The highest BCUT2D eigenvalue weighted by atomic mass is 19.1. The molecule has 7 heteroatoms. The molecule has 1 N–H and O–H groups in total. The molecule has 0 saturated carbocycles. The minimum atomic E-state index is -0.447. The summed E-state index contributed by atoms with van der Waals surface area (Å²) in [6, 6.07) is 18.7. The van der Waals surface area contributed by atoms with E-state index in [-0.39, 0.29) is 18.5 Å². The molecule has 3 aromatic rings. The van der Waals surface area contributed by atoms with E-state index in [4.69, 9.17) is 0 Å². The first kappa shape index (κ1) is 23.1. The summed E-state index contributed by atoms with van der Waals surface area (Å²) in [6.07, 6.45) is 1.94. The van der Waals surface area contributed by atoms with Crippen molar-refractivity contribution in [1.29, 1.82) is 0 Å². The lowest BCUT2D eigenvalue weighted by Crippen LogP contribution is -2.47. The Hall–Kier alpha value is -3.61. The quantitative estimate of drug-likeness (QED) is 0.560. The Bertz CT molecular complexity index is 1050. The van der Waals surface area contributed by atoms with Gasteiger partial charge in [0, 0.05) is 37.2 Å². The lowest BCUT2D eigenvalue weighted by molar-refractivity contribution is -0.133. The van der Waals surface area contributed by atoms with E-state index in [1.54, 1.807) is 11.0 Å². The van der Waals surface area contributed by atoms with Crippen molar-refractivity contribution in [3.05, 3.63) is 90.0 Å². The van der Waals surface area contributed by atoms with Crippen molar-refractivity contribution in [2.75, 3.05) is 11.9 Å². The fourth-order valence-electron chi connectivity index (χ4n) is 3.39. The van der Waals surface area contributed by atoms with Crippen molar-refractivity contribution < 1.29 is 14.0 Å². The number of carbonyl (C=O) groups is 2. The summed E-state index contributed by atoms with van der Waals surface area (Å²) in [5, 5.41) is 2.68. The smallest absolute Gasteiger partial charge is 0.322 e. The minimum Gasteiger partial charge on any atom is -0.353 e. The SMILES string of the molecule is CC(C)N(CC(=O)N(Cc1ccccc1)Cc1cccn1C)C(=O)Nc1cccc(F)c1. The Morgan fingerprint density at radius 2 is 1.75 bits per heavy atom.